The first-order valence-electron chi connectivity index (χ1n) is 7.83. The fourth-order valence-corrected chi connectivity index (χ4v) is 3.18. The lowest BCUT2D eigenvalue weighted by atomic mass is 10.2. The van der Waals surface area contributed by atoms with Crippen molar-refractivity contribution in [3.63, 3.8) is 0 Å². The van der Waals surface area contributed by atoms with Crippen molar-refractivity contribution in [2.45, 2.75) is 13.8 Å². The van der Waals surface area contributed by atoms with Crippen LogP contribution < -0.4 is 14.9 Å². The number of benzene rings is 2. The van der Waals surface area contributed by atoms with Crippen LogP contribution in [0, 0.1) is 0 Å². The number of rotatable bonds is 7. The molecule has 0 radical (unpaired) electrons. The molecule has 26 heavy (non-hydrogen) atoms. The van der Waals surface area contributed by atoms with E-state index in [0.29, 0.717) is 29.7 Å². The predicted octanol–water partition coefficient (Wildman–Crippen LogP) is 5.32. The minimum atomic E-state index is -0.432. The summed E-state index contributed by atoms with van der Waals surface area (Å²) < 4.78 is 11.9. The highest BCUT2D eigenvalue weighted by Gasteiger charge is 2.12. The van der Waals surface area contributed by atoms with E-state index in [1.807, 2.05) is 19.9 Å². The standard InChI is InChI=1S/C18H17BrCl2N2O3/c1-3-25-16-8-11(7-14(19)17(16)26-4-2)10-22-23-18(24)13-6-5-12(20)9-15(13)21/h5-10H,3-4H2,1-2H3,(H,23,24)/b22-10-. The molecule has 0 atom stereocenters. The molecule has 0 saturated heterocycles. The molecule has 0 bridgehead atoms. The molecule has 0 aliphatic rings. The summed E-state index contributed by atoms with van der Waals surface area (Å²) in [5, 5.41) is 4.68. The van der Waals surface area contributed by atoms with Gasteiger partial charge in [-0.25, -0.2) is 5.43 Å². The Bertz CT molecular complexity index is 828. The molecule has 2 rings (SSSR count). The van der Waals surface area contributed by atoms with Crippen LogP contribution in [0.3, 0.4) is 0 Å². The average molecular weight is 460 g/mol. The van der Waals surface area contributed by atoms with Gasteiger partial charge in [0.15, 0.2) is 11.5 Å². The minimum Gasteiger partial charge on any atom is -0.490 e. The van der Waals surface area contributed by atoms with Crippen molar-refractivity contribution in [3.05, 3.63) is 56.0 Å². The predicted molar refractivity (Wildman–Crippen MR) is 108 cm³/mol. The highest BCUT2D eigenvalue weighted by molar-refractivity contribution is 9.10. The first-order chi connectivity index (χ1) is 12.5. The van der Waals surface area contributed by atoms with E-state index in [1.54, 1.807) is 12.1 Å². The molecule has 0 heterocycles. The number of halogens is 3. The van der Waals surface area contributed by atoms with Gasteiger partial charge in [0, 0.05) is 5.02 Å². The molecule has 5 nitrogen and oxygen atoms in total. The number of hydrogen-bond donors (Lipinski definition) is 1. The molecule has 8 heteroatoms. The molecule has 0 unspecified atom stereocenters. The average Bonchev–Trinajstić information content (AvgIpc) is 2.58. The van der Waals surface area contributed by atoms with E-state index in [0.717, 1.165) is 10.0 Å². The van der Waals surface area contributed by atoms with Gasteiger partial charge >= 0.3 is 0 Å². The van der Waals surface area contributed by atoms with Crippen molar-refractivity contribution in [1.82, 2.24) is 5.43 Å². The van der Waals surface area contributed by atoms with Crippen LogP contribution >= 0.6 is 39.1 Å². The monoisotopic (exact) mass is 458 g/mol. The molecular formula is C18H17BrCl2N2O3. The zero-order valence-corrected chi connectivity index (χ0v) is 17.3. The number of hydrogen-bond acceptors (Lipinski definition) is 4. The van der Waals surface area contributed by atoms with Gasteiger partial charge in [-0.2, -0.15) is 5.10 Å². The summed E-state index contributed by atoms with van der Waals surface area (Å²) in [5.41, 5.74) is 3.45. The van der Waals surface area contributed by atoms with Crippen LogP contribution in [0.15, 0.2) is 39.9 Å². The van der Waals surface area contributed by atoms with Crippen molar-refractivity contribution in [3.8, 4) is 11.5 Å². The Balaban J connectivity index is 2.15. The maximum Gasteiger partial charge on any atom is 0.272 e. The van der Waals surface area contributed by atoms with Crippen molar-refractivity contribution >= 4 is 51.3 Å². The van der Waals surface area contributed by atoms with Crippen molar-refractivity contribution in [2.24, 2.45) is 5.10 Å². The normalized spacial score (nSPS) is 10.8. The Morgan fingerprint density at radius 2 is 1.92 bits per heavy atom. The number of amides is 1. The molecule has 0 aliphatic carbocycles. The zero-order valence-electron chi connectivity index (χ0n) is 14.2. The van der Waals surface area contributed by atoms with Gasteiger partial charge in [-0.05, 0) is 65.7 Å². The Morgan fingerprint density at radius 3 is 2.58 bits per heavy atom. The van der Waals surface area contributed by atoms with Crippen LogP contribution in [0.5, 0.6) is 11.5 Å². The van der Waals surface area contributed by atoms with Gasteiger partial charge in [0.05, 0.1) is 34.5 Å². The van der Waals surface area contributed by atoms with E-state index in [2.05, 4.69) is 26.5 Å². The maximum absolute atomic E-state index is 12.1. The third-order valence-electron chi connectivity index (χ3n) is 3.18. The second-order valence-corrected chi connectivity index (χ2v) is 6.72. The molecular weight excluding hydrogens is 443 g/mol. The fraction of sp³-hybridized carbons (Fsp3) is 0.222. The molecule has 0 aromatic heterocycles. The molecule has 0 fully saturated rings. The second-order valence-electron chi connectivity index (χ2n) is 5.02. The largest absolute Gasteiger partial charge is 0.490 e. The smallest absolute Gasteiger partial charge is 0.272 e. The van der Waals surface area contributed by atoms with Crippen LogP contribution in [0.4, 0.5) is 0 Å². The van der Waals surface area contributed by atoms with Crippen molar-refractivity contribution in [2.75, 3.05) is 13.2 Å². The van der Waals surface area contributed by atoms with Gasteiger partial charge in [0.2, 0.25) is 0 Å². The fourth-order valence-electron chi connectivity index (χ4n) is 2.11. The summed E-state index contributed by atoms with van der Waals surface area (Å²) in [6.07, 6.45) is 1.50. The summed E-state index contributed by atoms with van der Waals surface area (Å²) >= 11 is 15.3. The van der Waals surface area contributed by atoms with E-state index in [-0.39, 0.29) is 10.6 Å². The number of carbonyl (C=O) groups excluding carboxylic acids is 1. The zero-order chi connectivity index (χ0) is 19.1. The third-order valence-corrected chi connectivity index (χ3v) is 4.31. The highest BCUT2D eigenvalue weighted by atomic mass is 79.9. The Morgan fingerprint density at radius 1 is 1.19 bits per heavy atom. The first kappa shape index (κ1) is 20.6. The Kier molecular flexibility index (Phi) is 7.75. The highest BCUT2D eigenvalue weighted by Crippen LogP contribution is 2.36. The van der Waals surface area contributed by atoms with Gasteiger partial charge in [0.25, 0.3) is 5.91 Å². The maximum atomic E-state index is 12.1. The topological polar surface area (TPSA) is 59.9 Å². The van der Waals surface area contributed by atoms with Crippen LogP contribution in [0.25, 0.3) is 0 Å². The lowest BCUT2D eigenvalue weighted by Crippen LogP contribution is -2.18. The van der Waals surface area contributed by atoms with Gasteiger partial charge < -0.3 is 9.47 Å². The summed E-state index contributed by atoms with van der Waals surface area (Å²) in [5.74, 6) is 0.790. The molecule has 0 aliphatic heterocycles. The first-order valence-corrected chi connectivity index (χ1v) is 9.38. The molecule has 0 spiro atoms. The Labute approximate surface area is 170 Å². The number of hydrazone groups is 1. The van der Waals surface area contributed by atoms with Crippen LogP contribution in [-0.2, 0) is 0 Å². The molecule has 1 amide bonds. The van der Waals surface area contributed by atoms with E-state index < -0.39 is 5.91 Å². The summed E-state index contributed by atoms with van der Waals surface area (Å²) in [4.78, 5) is 12.1. The summed E-state index contributed by atoms with van der Waals surface area (Å²) in [7, 11) is 0. The molecule has 1 N–H and O–H groups in total. The number of nitrogens with one attached hydrogen (secondary N) is 1. The minimum absolute atomic E-state index is 0.257. The summed E-state index contributed by atoms with van der Waals surface area (Å²) in [6.45, 7) is 4.80. The van der Waals surface area contributed by atoms with E-state index in [1.165, 1.54) is 18.3 Å². The number of carbonyl (C=O) groups is 1. The molecule has 2 aromatic carbocycles. The van der Waals surface area contributed by atoms with Gasteiger partial charge in [-0.1, -0.05) is 23.2 Å². The van der Waals surface area contributed by atoms with Crippen LogP contribution in [0.1, 0.15) is 29.8 Å². The Hall–Kier alpha value is -1.76. The van der Waals surface area contributed by atoms with Gasteiger partial charge in [-0.3, -0.25) is 4.79 Å². The number of nitrogens with zero attached hydrogens (tertiary/aromatic N) is 1. The molecule has 138 valence electrons. The SMILES string of the molecule is CCOc1cc(/C=N\NC(=O)c2ccc(Cl)cc2Cl)cc(Br)c1OCC. The quantitative estimate of drug-likeness (QED) is 0.450. The third kappa shape index (κ3) is 5.37. The number of ether oxygens (including phenoxy) is 2. The second kappa shape index (κ2) is 9.80. The summed E-state index contributed by atoms with van der Waals surface area (Å²) in [6, 6.07) is 8.22. The lowest BCUT2D eigenvalue weighted by molar-refractivity contribution is 0.0955. The molecule has 0 saturated carbocycles. The van der Waals surface area contributed by atoms with E-state index >= 15 is 0 Å². The van der Waals surface area contributed by atoms with Gasteiger partial charge in [0.1, 0.15) is 0 Å². The van der Waals surface area contributed by atoms with Crippen LogP contribution in [-0.4, -0.2) is 25.3 Å². The van der Waals surface area contributed by atoms with Crippen molar-refractivity contribution in [1.29, 1.82) is 0 Å². The van der Waals surface area contributed by atoms with E-state index in [4.69, 9.17) is 32.7 Å². The van der Waals surface area contributed by atoms with Crippen molar-refractivity contribution < 1.29 is 14.3 Å². The lowest BCUT2D eigenvalue weighted by Gasteiger charge is -2.13. The van der Waals surface area contributed by atoms with Crippen LogP contribution in [0.2, 0.25) is 10.0 Å². The van der Waals surface area contributed by atoms with Gasteiger partial charge in [-0.15, -0.1) is 0 Å². The molecule has 2 aromatic rings. The van der Waals surface area contributed by atoms with E-state index in [9.17, 15) is 4.79 Å².